The molecule has 6 heteroatoms. The molecule has 1 aliphatic carbocycles. The molecule has 1 saturated carbocycles. The van der Waals surface area contributed by atoms with E-state index in [1.807, 2.05) is 25.1 Å². The lowest BCUT2D eigenvalue weighted by molar-refractivity contribution is 0.0397. The molecule has 5 rings (SSSR count). The predicted octanol–water partition coefficient (Wildman–Crippen LogP) is 4.29. The number of aryl methyl sites for hydroxylation is 1. The van der Waals surface area contributed by atoms with Gasteiger partial charge in [-0.05, 0) is 62.1 Å². The number of nitrogen functional groups attached to an aromatic ring is 1. The summed E-state index contributed by atoms with van der Waals surface area (Å²) in [5.41, 5.74) is 9.45. The lowest BCUT2D eigenvalue weighted by atomic mass is 10.0. The largest absolute Gasteiger partial charge is 0.481 e. The van der Waals surface area contributed by atoms with Crippen molar-refractivity contribution in [1.29, 1.82) is 5.41 Å². The van der Waals surface area contributed by atoms with Crippen LogP contribution in [0.4, 0.5) is 5.69 Å². The predicted molar refractivity (Wildman–Crippen MR) is 129 cm³/mol. The maximum atomic E-state index is 8.19. The van der Waals surface area contributed by atoms with Gasteiger partial charge in [0.05, 0.1) is 12.8 Å². The fourth-order valence-corrected chi connectivity index (χ4v) is 5.36. The number of likely N-dealkylation sites (tertiary alicyclic amines) is 1. The summed E-state index contributed by atoms with van der Waals surface area (Å²) < 4.78 is 10.5. The maximum Gasteiger partial charge on any atom is 0.213 e. The van der Waals surface area contributed by atoms with E-state index >= 15 is 0 Å². The molecule has 32 heavy (non-hydrogen) atoms. The van der Waals surface area contributed by atoms with Crippen LogP contribution in [0.5, 0.6) is 5.88 Å². The molecule has 0 bridgehead atoms. The van der Waals surface area contributed by atoms with Crippen molar-refractivity contribution in [3.05, 3.63) is 53.2 Å². The number of anilines is 1. The van der Waals surface area contributed by atoms with E-state index in [0.717, 1.165) is 42.2 Å². The highest BCUT2D eigenvalue weighted by Gasteiger charge is 2.38. The van der Waals surface area contributed by atoms with Gasteiger partial charge in [0.2, 0.25) is 5.88 Å². The molecular formula is C26H36N4O2. The van der Waals surface area contributed by atoms with Crippen molar-refractivity contribution in [3.63, 3.8) is 0 Å². The van der Waals surface area contributed by atoms with E-state index in [2.05, 4.69) is 9.88 Å². The highest BCUT2D eigenvalue weighted by atomic mass is 16.5. The topological polar surface area (TPSA) is 84.5 Å². The molecule has 2 aromatic rings. The molecule has 3 heterocycles. The van der Waals surface area contributed by atoms with Gasteiger partial charge in [-0.3, -0.25) is 10.3 Å². The normalized spacial score (nSPS) is 23.3. The van der Waals surface area contributed by atoms with Crippen LogP contribution in [0.1, 0.15) is 48.8 Å². The molecule has 2 atom stereocenters. The minimum Gasteiger partial charge on any atom is -0.481 e. The third-order valence-corrected chi connectivity index (χ3v) is 7.17. The quantitative estimate of drug-likeness (QED) is 0.552. The van der Waals surface area contributed by atoms with Gasteiger partial charge in [-0.1, -0.05) is 18.6 Å². The lowest BCUT2D eigenvalue weighted by Crippen LogP contribution is -2.38. The molecule has 0 radical (unpaired) electrons. The van der Waals surface area contributed by atoms with Gasteiger partial charge in [0, 0.05) is 61.4 Å². The number of aromatic nitrogens is 1. The minimum absolute atomic E-state index is 0.369. The zero-order valence-electron chi connectivity index (χ0n) is 19.3. The number of fused-ring (bicyclic) bond motifs is 1. The molecule has 1 aromatic heterocycles. The van der Waals surface area contributed by atoms with Crippen molar-refractivity contribution in [2.24, 2.45) is 11.8 Å². The second kappa shape index (κ2) is 10.5. The monoisotopic (exact) mass is 436 g/mol. The molecule has 0 unspecified atom stereocenters. The molecule has 1 aromatic carbocycles. The van der Waals surface area contributed by atoms with E-state index in [0.29, 0.717) is 22.8 Å². The third-order valence-electron chi connectivity index (χ3n) is 7.17. The van der Waals surface area contributed by atoms with Gasteiger partial charge in [0.15, 0.2) is 0 Å². The number of hydrogen-bond acceptors (Lipinski definition) is 6. The smallest absolute Gasteiger partial charge is 0.213 e. The van der Waals surface area contributed by atoms with Gasteiger partial charge in [0.25, 0.3) is 0 Å². The van der Waals surface area contributed by atoms with Gasteiger partial charge in [-0.25, -0.2) is 4.98 Å². The second-order valence-electron chi connectivity index (χ2n) is 9.30. The summed E-state index contributed by atoms with van der Waals surface area (Å²) in [6.45, 7) is 6.76. The Labute approximate surface area is 191 Å². The molecule has 6 nitrogen and oxygen atoms in total. The van der Waals surface area contributed by atoms with Gasteiger partial charge >= 0.3 is 0 Å². The standard InChI is InChI=1S/C14H15N3O.C12H21NO/c1-9-3-4-11(12(15)7-9)14(16)10-5-6-17-13(8-10)18-2;1-2-10-8-13(9-11(10)3-1)12-4-6-14-7-5-12/h3-8,16H,15H2,1-2H3;10-12H,1-9H2/t;10-,11+. The summed E-state index contributed by atoms with van der Waals surface area (Å²) in [6, 6.07) is 10.0. The van der Waals surface area contributed by atoms with Crippen LogP contribution in [0.25, 0.3) is 0 Å². The first-order valence-electron chi connectivity index (χ1n) is 11.8. The van der Waals surface area contributed by atoms with Gasteiger partial charge in [-0.15, -0.1) is 0 Å². The fraction of sp³-hybridized carbons (Fsp3) is 0.538. The molecule has 3 N–H and O–H groups in total. The first-order valence-corrected chi connectivity index (χ1v) is 11.8. The van der Waals surface area contributed by atoms with E-state index in [9.17, 15) is 0 Å². The van der Waals surface area contributed by atoms with Crippen molar-refractivity contribution >= 4 is 11.4 Å². The zero-order valence-corrected chi connectivity index (χ0v) is 19.3. The first kappa shape index (κ1) is 22.7. The minimum atomic E-state index is 0.369. The Balaban J connectivity index is 0.000000157. The Kier molecular flexibility index (Phi) is 7.43. The summed E-state index contributed by atoms with van der Waals surface area (Å²) in [7, 11) is 1.55. The molecule has 0 spiro atoms. The Morgan fingerprint density at radius 2 is 1.81 bits per heavy atom. The molecule has 2 saturated heterocycles. The number of ether oxygens (including phenoxy) is 2. The fourth-order valence-electron chi connectivity index (χ4n) is 5.36. The van der Waals surface area contributed by atoms with Gasteiger partial charge in [0.1, 0.15) is 0 Å². The second-order valence-corrected chi connectivity index (χ2v) is 9.30. The Morgan fingerprint density at radius 3 is 2.47 bits per heavy atom. The number of methoxy groups -OCH3 is 1. The van der Waals surface area contributed by atoms with Crippen molar-refractivity contribution in [3.8, 4) is 5.88 Å². The SMILES string of the molecule is C1C[C@@H]2CN(C3CCOCC3)C[C@@H]2C1.COc1cc(C(=N)c2ccc(C)cc2N)ccn1. The summed E-state index contributed by atoms with van der Waals surface area (Å²) in [6.07, 6.45) is 8.68. The van der Waals surface area contributed by atoms with Crippen LogP contribution in [-0.2, 0) is 4.74 Å². The highest BCUT2D eigenvalue weighted by molar-refractivity contribution is 6.13. The summed E-state index contributed by atoms with van der Waals surface area (Å²) in [4.78, 5) is 6.78. The molecular weight excluding hydrogens is 400 g/mol. The number of benzene rings is 1. The maximum absolute atomic E-state index is 8.19. The van der Waals surface area contributed by atoms with Crippen LogP contribution in [0.2, 0.25) is 0 Å². The average Bonchev–Trinajstić information content (AvgIpc) is 3.42. The van der Waals surface area contributed by atoms with Crippen LogP contribution in [-0.4, -0.2) is 55.1 Å². The van der Waals surface area contributed by atoms with Crippen LogP contribution < -0.4 is 10.5 Å². The van der Waals surface area contributed by atoms with Gasteiger partial charge in [-0.2, -0.15) is 0 Å². The molecule has 172 valence electrons. The van der Waals surface area contributed by atoms with Crippen LogP contribution in [0, 0.1) is 24.2 Å². The van der Waals surface area contributed by atoms with Crippen LogP contribution >= 0.6 is 0 Å². The average molecular weight is 437 g/mol. The summed E-state index contributed by atoms with van der Waals surface area (Å²) in [5.74, 6) is 2.60. The lowest BCUT2D eigenvalue weighted by Gasteiger charge is -2.31. The van der Waals surface area contributed by atoms with E-state index in [-0.39, 0.29) is 0 Å². The third kappa shape index (κ3) is 5.30. The number of pyridine rings is 1. The number of nitrogens with two attached hydrogens (primary N) is 1. The molecule has 3 aliphatic rings. The molecule has 2 aliphatic heterocycles. The zero-order chi connectivity index (χ0) is 22.5. The van der Waals surface area contributed by atoms with Crippen molar-refractivity contribution < 1.29 is 9.47 Å². The molecule has 0 amide bonds. The van der Waals surface area contributed by atoms with Crippen LogP contribution in [0.3, 0.4) is 0 Å². The number of nitrogens with zero attached hydrogens (tertiary/aromatic N) is 2. The van der Waals surface area contributed by atoms with Gasteiger partial charge < -0.3 is 15.2 Å². The van der Waals surface area contributed by atoms with E-state index in [1.165, 1.54) is 45.2 Å². The number of nitrogens with one attached hydrogen (secondary N) is 1. The van der Waals surface area contributed by atoms with E-state index in [4.69, 9.17) is 20.6 Å². The van der Waals surface area contributed by atoms with Crippen molar-refractivity contribution in [1.82, 2.24) is 9.88 Å². The van der Waals surface area contributed by atoms with Crippen LogP contribution in [0.15, 0.2) is 36.5 Å². The Bertz CT molecular complexity index is 914. The molecule has 3 fully saturated rings. The van der Waals surface area contributed by atoms with E-state index in [1.54, 1.807) is 25.4 Å². The van der Waals surface area contributed by atoms with Crippen molar-refractivity contribution in [2.75, 3.05) is 39.1 Å². The summed E-state index contributed by atoms with van der Waals surface area (Å²) in [5, 5.41) is 8.19. The Hall–Kier alpha value is -2.44. The number of rotatable bonds is 4. The highest BCUT2D eigenvalue weighted by Crippen LogP contribution is 2.39. The number of hydrogen-bond donors (Lipinski definition) is 2. The first-order chi connectivity index (χ1) is 15.5. The van der Waals surface area contributed by atoms with Crippen molar-refractivity contribution in [2.45, 2.75) is 45.1 Å². The Morgan fingerprint density at radius 1 is 1.09 bits per heavy atom. The van der Waals surface area contributed by atoms with E-state index < -0.39 is 0 Å². The summed E-state index contributed by atoms with van der Waals surface area (Å²) >= 11 is 0.